The predicted octanol–water partition coefficient (Wildman–Crippen LogP) is 6.40. The van der Waals surface area contributed by atoms with E-state index in [1.54, 1.807) is 4.90 Å². The maximum absolute atomic E-state index is 13.4. The highest BCUT2D eigenvalue weighted by Crippen LogP contribution is 2.38. The molecule has 5 rings (SSSR count). The molecule has 0 saturated heterocycles. The Morgan fingerprint density at radius 2 is 1.76 bits per heavy atom. The number of carbonyl (C=O) groups is 1. The molecule has 4 aromatic rings. The molecule has 3 aromatic carbocycles. The number of amides is 2. The Morgan fingerprint density at radius 1 is 0.973 bits per heavy atom. The van der Waals surface area contributed by atoms with Gasteiger partial charge in [-0.15, -0.1) is 0 Å². The summed E-state index contributed by atoms with van der Waals surface area (Å²) in [5.41, 5.74) is 5.55. The first kappa shape index (κ1) is 24.3. The van der Waals surface area contributed by atoms with Crippen LogP contribution in [0.4, 0.5) is 4.79 Å². The van der Waals surface area contributed by atoms with Gasteiger partial charge in [-0.05, 0) is 49.1 Å². The number of nitrogens with one attached hydrogen (secondary N) is 1. The summed E-state index contributed by atoms with van der Waals surface area (Å²) in [5.74, 6) is 1.66. The molecule has 1 aromatic heterocycles. The molecule has 0 saturated carbocycles. The number of rotatable bonds is 8. The second-order valence-corrected chi connectivity index (χ2v) is 8.93. The van der Waals surface area contributed by atoms with Gasteiger partial charge in [0, 0.05) is 11.3 Å². The molecule has 0 spiro atoms. The number of urea groups is 1. The third-order valence-corrected chi connectivity index (χ3v) is 6.56. The summed E-state index contributed by atoms with van der Waals surface area (Å²) in [5, 5.41) is 7.42. The van der Waals surface area contributed by atoms with Crippen molar-refractivity contribution in [3.8, 4) is 17.1 Å². The van der Waals surface area contributed by atoms with Gasteiger partial charge in [0.15, 0.2) is 0 Å². The average molecular weight is 495 g/mol. The van der Waals surface area contributed by atoms with Crippen molar-refractivity contribution in [3.05, 3.63) is 107 Å². The molecular weight excluding hydrogens is 464 g/mol. The maximum atomic E-state index is 13.4. The Balaban J connectivity index is 1.56. The van der Waals surface area contributed by atoms with E-state index in [4.69, 9.17) is 14.2 Å². The highest BCUT2D eigenvalue weighted by molar-refractivity contribution is 5.87. The SMILES string of the molecule is CCOc1cccc(CN2C(=O)NC(c3ccc(CC)cc3)C(c3nc(-c4ccccc4)no3)=C2C)c1. The summed E-state index contributed by atoms with van der Waals surface area (Å²) in [6, 6.07) is 25.2. The average Bonchev–Trinajstić information content (AvgIpc) is 3.41. The Hall–Kier alpha value is -4.39. The minimum Gasteiger partial charge on any atom is -0.494 e. The summed E-state index contributed by atoms with van der Waals surface area (Å²) in [6.45, 7) is 6.96. The largest absolute Gasteiger partial charge is 0.494 e. The number of nitrogens with zero attached hydrogens (tertiary/aromatic N) is 3. The fraction of sp³-hybridized carbons (Fsp3) is 0.233. The van der Waals surface area contributed by atoms with Crippen molar-refractivity contribution < 1.29 is 14.1 Å². The van der Waals surface area contributed by atoms with Crippen LogP contribution in [0.3, 0.4) is 0 Å². The molecular formula is C30H30N4O3. The summed E-state index contributed by atoms with van der Waals surface area (Å²) in [7, 11) is 0. The summed E-state index contributed by atoms with van der Waals surface area (Å²) in [4.78, 5) is 19.9. The van der Waals surface area contributed by atoms with Crippen LogP contribution in [0.2, 0.25) is 0 Å². The van der Waals surface area contributed by atoms with Gasteiger partial charge in [-0.1, -0.05) is 78.8 Å². The van der Waals surface area contributed by atoms with E-state index >= 15 is 0 Å². The molecule has 37 heavy (non-hydrogen) atoms. The van der Waals surface area contributed by atoms with E-state index in [0.717, 1.165) is 40.1 Å². The quantitative estimate of drug-likeness (QED) is 0.307. The first-order valence-electron chi connectivity index (χ1n) is 12.6. The van der Waals surface area contributed by atoms with Crippen molar-refractivity contribution in [3.63, 3.8) is 0 Å². The van der Waals surface area contributed by atoms with Gasteiger partial charge >= 0.3 is 6.03 Å². The highest BCUT2D eigenvalue weighted by Gasteiger charge is 2.35. The fourth-order valence-corrected chi connectivity index (χ4v) is 4.56. The molecule has 7 heteroatoms. The number of hydrogen-bond donors (Lipinski definition) is 1. The van der Waals surface area contributed by atoms with Crippen molar-refractivity contribution in [1.29, 1.82) is 0 Å². The van der Waals surface area contributed by atoms with E-state index in [1.807, 2.05) is 80.6 Å². The molecule has 1 aliphatic rings. The summed E-state index contributed by atoms with van der Waals surface area (Å²) >= 11 is 0. The van der Waals surface area contributed by atoms with Crippen molar-refractivity contribution in [2.75, 3.05) is 6.61 Å². The van der Waals surface area contributed by atoms with Crippen molar-refractivity contribution in [2.45, 2.75) is 39.8 Å². The lowest BCUT2D eigenvalue weighted by Crippen LogP contribution is -2.45. The Labute approximate surface area is 216 Å². The second-order valence-electron chi connectivity index (χ2n) is 8.93. The van der Waals surface area contributed by atoms with Crippen LogP contribution in [0.5, 0.6) is 5.75 Å². The maximum Gasteiger partial charge on any atom is 0.322 e. The van der Waals surface area contributed by atoms with Crippen molar-refractivity contribution in [1.82, 2.24) is 20.4 Å². The zero-order valence-electron chi connectivity index (χ0n) is 21.3. The second kappa shape index (κ2) is 10.7. The smallest absolute Gasteiger partial charge is 0.322 e. The molecule has 2 heterocycles. The lowest BCUT2D eigenvalue weighted by Gasteiger charge is -2.35. The van der Waals surface area contributed by atoms with Gasteiger partial charge in [0.1, 0.15) is 5.75 Å². The highest BCUT2D eigenvalue weighted by atomic mass is 16.5. The molecule has 1 N–H and O–H groups in total. The molecule has 188 valence electrons. The first-order chi connectivity index (χ1) is 18.1. The molecule has 0 radical (unpaired) electrons. The summed E-state index contributed by atoms with van der Waals surface area (Å²) < 4.78 is 11.4. The van der Waals surface area contributed by atoms with Crippen LogP contribution in [-0.4, -0.2) is 27.7 Å². The predicted molar refractivity (Wildman–Crippen MR) is 143 cm³/mol. The van der Waals surface area contributed by atoms with Gasteiger partial charge in [0.25, 0.3) is 5.89 Å². The monoisotopic (exact) mass is 494 g/mol. The van der Waals surface area contributed by atoms with E-state index in [2.05, 4.69) is 29.5 Å². The Morgan fingerprint density at radius 3 is 2.49 bits per heavy atom. The van der Waals surface area contributed by atoms with Gasteiger partial charge in [0.05, 0.1) is 24.8 Å². The normalized spacial score (nSPS) is 15.6. The van der Waals surface area contributed by atoms with Crippen molar-refractivity contribution in [2.24, 2.45) is 0 Å². The zero-order chi connectivity index (χ0) is 25.8. The number of allylic oxidation sites excluding steroid dienone is 1. The Bertz CT molecular complexity index is 1410. The van der Waals surface area contributed by atoms with E-state index in [9.17, 15) is 4.79 Å². The zero-order valence-corrected chi connectivity index (χ0v) is 21.3. The van der Waals surface area contributed by atoms with Gasteiger partial charge in [0.2, 0.25) is 5.82 Å². The molecule has 1 atom stereocenters. The minimum absolute atomic E-state index is 0.185. The van der Waals surface area contributed by atoms with E-state index in [0.29, 0.717) is 24.9 Å². The Kier molecular flexibility index (Phi) is 7.03. The standard InChI is InChI=1S/C30H30N4O3/c1-4-21-14-16-23(17-15-21)27-26(29-32-28(33-37-29)24-11-7-6-8-12-24)20(3)34(30(35)31-27)19-22-10-9-13-25(18-22)36-5-2/h6-18,27H,4-5,19H2,1-3H3,(H,31,35). The first-order valence-corrected chi connectivity index (χ1v) is 12.6. The number of ether oxygens (including phenoxy) is 1. The summed E-state index contributed by atoms with van der Waals surface area (Å²) in [6.07, 6.45) is 0.942. The number of benzene rings is 3. The van der Waals surface area contributed by atoms with Gasteiger partial charge < -0.3 is 14.6 Å². The minimum atomic E-state index is -0.423. The van der Waals surface area contributed by atoms with Crippen LogP contribution in [0, 0.1) is 0 Å². The van der Waals surface area contributed by atoms with Crippen LogP contribution < -0.4 is 10.1 Å². The van der Waals surface area contributed by atoms with Crippen LogP contribution >= 0.6 is 0 Å². The third-order valence-electron chi connectivity index (χ3n) is 6.56. The molecule has 1 aliphatic heterocycles. The van der Waals surface area contributed by atoms with E-state index < -0.39 is 6.04 Å². The van der Waals surface area contributed by atoms with E-state index in [1.165, 1.54) is 5.56 Å². The molecule has 0 aliphatic carbocycles. The number of aryl methyl sites for hydroxylation is 1. The molecule has 2 amide bonds. The van der Waals surface area contributed by atoms with E-state index in [-0.39, 0.29) is 6.03 Å². The number of hydrogen-bond acceptors (Lipinski definition) is 5. The number of carbonyl (C=O) groups excluding carboxylic acids is 1. The number of aromatic nitrogens is 2. The van der Waals surface area contributed by atoms with Crippen LogP contribution in [-0.2, 0) is 13.0 Å². The van der Waals surface area contributed by atoms with Gasteiger partial charge in [-0.25, -0.2) is 4.79 Å². The molecule has 7 nitrogen and oxygen atoms in total. The molecule has 0 bridgehead atoms. The van der Waals surface area contributed by atoms with Gasteiger partial charge in [-0.2, -0.15) is 4.98 Å². The van der Waals surface area contributed by atoms with Crippen LogP contribution in [0.25, 0.3) is 17.0 Å². The lowest BCUT2D eigenvalue weighted by molar-refractivity contribution is 0.203. The fourth-order valence-electron chi connectivity index (χ4n) is 4.56. The third kappa shape index (κ3) is 5.11. The van der Waals surface area contributed by atoms with Crippen molar-refractivity contribution >= 4 is 11.6 Å². The molecule has 1 unspecified atom stereocenters. The van der Waals surface area contributed by atoms with Crippen LogP contribution in [0.1, 0.15) is 49.4 Å². The van der Waals surface area contributed by atoms with Crippen LogP contribution in [0.15, 0.2) is 89.1 Å². The molecule has 0 fully saturated rings. The topological polar surface area (TPSA) is 80.5 Å². The lowest BCUT2D eigenvalue weighted by atomic mass is 9.93. The van der Waals surface area contributed by atoms with Gasteiger partial charge in [-0.3, -0.25) is 4.90 Å².